The van der Waals surface area contributed by atoms with E-state index in [1.165, 1.54) is 0 Å². The molecule has 3 nitrogen and oxygen atoms in total. The summed E-state index contributed by atoms with van der Waals surface area (Å²) >= 11 is 0. The normalized spacial score (nSPS) is 12.9. The summed E-state index contributed by atoms with van der Waals surface area (Å²) in [5, 5.41) is 4.13. The van der Waals surface area contributed by atoms with E-state index in [0.717, 1.165) is 23.0 Å². The standard InChI is InChI=1S/C13H16N2O/c1-3-14-9(2)13(16)11-8-15-12-7-5-4-6-10(11)12/h4-9,14-15H,3H2,1-2H3. The van der Waals surface area contributed by atoms with Crippen LogP contribution in [0.4, 0.5) is 0 Å². The second kappa shape index (κ2) is 4.49. The number of aromatic amines is 1. The Morgan fingerprint density at radius 1 is 1.44 bits per heavy atom. The van der Waals surface area contributed by atoms with Gasteiger partial charge in [0.1, 0.15) is 0 Å². The minimum Gasteiger partial charge on any atom is -0.360 e. The predicted octanol–water partition coefficient (Wildman–Crippen LogP) is 2.35. The van der Waals surface area contributed by atoms with Crippen LogP contribution in [0, 0.1) is 0 Å². The third-order valence-corrected chi connectivity index (χ3v) is 2.76. The fraction of sp³-hybridized carbons (Fsp3) is 0.308. The van der Waals surface area contributed by atoms with Gasteiger partial charge in [-0.05, 0) is 19.5 Å². The maximum absolute atomic E-state index is 12.1. The summed E-state index contributed by atoms with van der Waals surface area (Å²) in [5.41, 5.74) is 1.78. The Bertz CT molecular complexity index is 501. The second-order valence-corrected chi connectivity index (χ2v) is 3.89. The van der Waals surface area contributed by atoms with Crippen LogP contribution in [-0.2, 0) is 0 Å². The molecule has 3 heteroatoms. The van der Waals surface area contributed by atoms with E-state index in [0.29, 0.717) is 0 Å². The van der Waals surface area contributed by atoms with Gasteiger partial charge in [0.2, 0.25) is 0 Å². The molecule has 1 aromatic heterocycles. The number of rotatable bonds is 4. The van der Waals surface area contributed by atoms with Gasteiger partial charge in [0.15, 0.2) is 5.78 Å². The zero-order chi connectivity index (χ0) is 11.5. The Kier molecular flexibility index (Phi) is 3.06. The number of Topliss-reactive ketones (excluding diaryl/α,β-unsaturated/α-hetero) is 1. The first-order valence-corrected chi connectivity index (χ1v) is 5.57. The van der Waals surface area contributed by atoms with Gasteiger partial charge in [-0.15, -0.1) is 0 Å². The molecule has 2 aromatic rings. The molecule has 0 radical (unpaired) electrons. The van der Waals surface area contributed by atoms with Crippen LogP contribution in [0.2, 0.25) is 0 Å². The van der Waals surface area contributed by atoms with Crippen LogP contribution in [0.15, 0.2) is 30.5 Å². The highest BCUT2D eigenvalue weighted by Gasteiger charge is 2.17. The molecular weight excluding hydrogens is 200 g/mol. The highest BCUT2D eigenvalue weighted by Crippen LogP contribution is 2.18. The van der Waals surface area contributed by atoms with Crippen molar-refractivity contribution in [1.29, 1.82) is 0 Å². The van der Waals surface area contributed by atoms with Crippen LogP contribution in [0.25, 0.3) is 10.9 Å². The van der Waals surface area contributed by atoms with Crippen molar-refractivity contribution in [2.45, 2.75) is 19.9 Å². The first kappa shape index (κ1) is 10.9. The van der Waals surface area contributed by atoms with Gasteiger partial charge in [-0.2, -0.15) is 0 Å². The van der Waals surface area contributed by atoms with Crippen LogP contribution in [0.3, 0.4) is 0 Å². The van der Waals surface area contributed by atoms with Gasteiger partial charge >= 0.3 is 0 Å². The van der Waals surface area contributed by atoms with E-state index in [9.17, 15) is 4.79 Å². The molecule has 0 saturated carbocycles. The largest absolute Gasteiger partial charge is 0.360 e. The lowest BCUT2D eigenvalue weighted by Crippen LogP contribution is -2.33. The van der Waals surface area contributed by atoms with E-state index in [2.05, 4.69) is 10.3 Å². The highest BCUT2D eigenvalue weighted by molar-refractivity contribution is 6.10. The van der Waals surface area contributed by atoms with E-state index in [1.807, 2.05) is 38.1 Å². The number of hydrogen-bond donors (Lipinski definition) is 2. The highest BCUT2D eigenvalue weighted by atomic mass is 16.1. The molecule has 0 aliphatic rings. The molecule has 0 amide bonds. The summed E-state index contributed by atoms with van der Waals surface area (Å²) in [5.74, 6) is 0.138. The van der Waals surface area contributed by atoms with Gasteiger partial charge in [-0.1, -0.05) is 25.1 Å². The van der Waals surface area contributed by atoms with Gasteiger partial charge in [0, 0.05) is 22.7 Å². The molecule has 0 aliphatic heterocycles. The van der Waals surface area contributed by atoms with Crippen molar-refractivity contribution in [3.8, 4) is 0 Å². The summed E-state index contributed by atoms with van der Waals surface area (Å²) in [6, 6.07) is 7.72. The van der Waals surface area contributed by atoms with Gasteiger partial charge < -0.3 is 10.3 Å². The zero-order valence-electron chi connectivity index (χ0n) is 9.58. The van der Waals surface area contributed by atoms with Crippen molar-refractivity contribution >= 4 is 16.7 Å². The van der Waals surface area contributed by atoms with E-state index in [1.54, 1.807) is 6.20 Å². The molecule has 84 valence electrons. The van der Waals surface area contributed by atoms with Crippen molar-refractivity contribution in [1.82, 2.24) is 10.3 Å². The summed E-state index contributed by atoms with van der Waals surface area (Å²) in [4.78, 5) is 15.2. The molecule has 0 bridgehead atoms. The van der Waals surface area contributed by atoms with Crippen LogP contribution in [-0.4, -0.2) is 23.4 Å². The summed E-state index contributed by atoms with van der Waals surface area (Å²) in [6.45, 7) is 4.70. The number of ketones is 1. The Morgan fingerprint density at radius 2 is 2.19 bits per heavy atom. The van der Waals surface area contributed by atoms with Crippen molar-refractivity contribution in [3.63, 3.8) is 0 Å². The minimum atomic E-state index is -0.135. The number of likely N-dealkylation sites (N-methyl/N-ethyl adjacent to an activating group) is 1. The second-order valence-electron chi connectivity index (χ2n) is 3.89. The number of para-hydroxylation sites is 1. The van der Waals surface area contributed by atoms with Crippen LogP contribution < -0.4 is 5.32 Å². The number of nitrogens with one attached hydrogen (secondary N) is 2. The number of fused-ring (bicyclic) bond motifs is 1. The van der Waals surface area contributed by atoms with Gasteiger partial charge in [0.05, 0.1) is 6.04 Å². The molecule has 2 N–H and O–H groups in total. The average Bonchev–Trinajstić information content (AvgIpc) is 2.72. The SMILES string of the molecule is CCNC(C)C(=O)c1c[nH]c2ccccc12. The van der Waals surface area contributed by atoms with Crippen molar-refractivity contribution in [3.05, 3.63) is 36.0 Å². The smallest absolute Gasteiger partial charge is 0.181 e. The fourth-order valence-electron chi connectivity index (χ4n) is 1.91. The lowest BCUT2D eigenvalue weighted by atomic mass is 10.0. The van der Waals surface area contributed by atoms with Crippen molar-refractivity contribution in [2.75, 3.05) is 6.54 Å². The maximum Gasteiger partial charge on any atom is 0.181 e. The molecule has 2 rings (SSSR count). The first-order chi connectivity index (χ1) is 7.74. The minimum absolute atomic E-state index is 0.135. The quantitative estimate of drug-likeness (QED) is 0.770. The number of carbonyl (C=O) groups is 1. The summed E-state index contributed by atoms with van der Waals surface area (Å²) in [7, 11) is 0. The summed E-state index contributed by atoms with van der Waals surface area (Å²) in [6.07, 6.45) is 1.79. The number of benzene rings is 1. The molecule has 0 spiro atoms. The molecular formula is C13H16N2O. The first-order valence-electron chi connectivity index (χ1n) is 5.57. The molecule has 1 unspecified atom stereocenters. The molecule has 1 heterocycles. The third kappa shape index (κ3) is 1.86. The van der Waals surface area contributed by atoms with Crippen LogP contribution in [0.5, 0.6) is 0 Å². The molecule has 0 saturated heterocycles. The van der Waals surface area contributed by atoms with Gasteiger partial charge in [0.25, 0.3) is 0 Å². The van der Waals surface area contributed by atoms with Gasteiger partial charge in [-0.3, -0.25) is 4.79 Å². The molecule has 1 aromatic carbocycles. The number of aromatic nitrogens is 1. The number of carbonyl (C=O) groups excluding carboxylic acids is 1. The number of hydrogen-bond acceptors (Lipinski definition) is 2. The third-order valence-electron chi connectivity index (χ3n) is 2.76. The summed E-state index contributed by atoms with van der Waals surface area (Å²) < 4.78 is 0. The van der Waals surface area contributed by atoms with E-state index >= 15 is 0 Å². The Balaban J connectivity index is 2.36. The van der Waals surface area contributed by atoms with E-state index in [-0.39, 0.29) is 11.8 Å². The topological polar surface area (TPSA) is 44.9 Å². The average molecular weight is 216 g/mol. The van der Waals surface area contributed by atoms with Crippen molar-refractivity contribution < 1.29 is 4.79 Å². The monoisotopic (exact) mass is 216 g/mol. The molecule has 1 atom stereocenters. The van der Waals surface area contributed by atoms with Crippen molar-refractivity contribution in [2.24, 2.45) is 0 Å². The van der Waals surface area contributed by atoms with E-state index in [4.69, 9.17) is 0 Å². The Hall–Kier alpha value is -1.61. The number of H-pyrrole nitrogens is 1. The van der Waals surface area contributed by atoms with Crippen LogP contribution >= 0.6 is 0 Å². The lowest BCUT2D eigenvalue weighted by Gasteiger charge is -2.09. The van der Waals surface area contributed by atoms with Crippen LogP contribution in [0.1, 0.15) is 24.2 Å². The predicted molar refractivity (Wildman–Crippen MR) is 65.8 cm³/mol. The Morgan fingerprint density at radius 3 is 2.94 bits per heavy atom. The maximum atomic E-state index is 12.1. The van der Waals surface area contributed by atoms with Gasteiger partial charge in [-0.25, -0.2) is 0 Å². The molecule has 0 aliphatic carbocycles. The zero-order valence-corrected chi connectivity index (χ0v) is 9.58. The molecule has 16 heavy (non-hydrogen) atoms. The Labute approximate surface area is 94.9 Å². The molecule has 0 fully saturated rings. The lowest BCUT2D eigenvalue weighted by molar-refractivity contribution is 0.0953. The fourth-order valence-corrected chi connectivity index (χ4v) is 1.91. The van der Waals surface area contributed by atoms with E-state index < -0.39 is 0 Å².